The number of methoxy groups -OCH3 is 1. The smallest absolute Gasteiger partial charge is 0.258 e. The standard InChI is InChI=1S/C15H21N3O2/c1-20-10-6-2-5-9-16-11-14-17-13-8-4-3-7-12(13)15(19)18-14/h3-4,7-8,16H,2,5-6,9-11H2,1H3,(H,17,18,19). The minimum absolute atomic E-state index is 0.0764. The summed E-state index contributed by atoms with van der Waals surface area (Å²) in [5, 5.41) is 3.93. The largest absolute Gasteiger partial charge is 0.385 e. The third-order valence-corrected chi connectivity index (χ3v) is 3.16. The molecule has 2 aromatic rings. The van der Waals surface area contributed by atoms with Crippen LogP contribution in [-0.2, 0) is 11.3 Å². The number of para-hydroxylation sites is 1. The first kappa shape index (κ1) is 14.7. The van der Waals surface area contributed by atoms with Crippen LogP contribution in [0.2, 0.25) is 0 Å². The minimum Gasteiger partial charge on any atom is -0.385 e. The molecule has 0 bridgehead atoms. The van der Waals surface area contributed by atoms with Crippen LogP contribution in [-0.4, -0.2) is 30.2 Å². The molecule has 2 rings (SSSR count). The van der Waals surface area contributed by atoms with E-state index in [0.29, 0.717) is 17.8 Å². The summed E-state index contributed by atoms with van der Waals surface area (Å²) in [5.74, 6) is 0.686. The van der Waals surface area contributed by atoms with Gasteiger partial charge >= 0.3 is 0 Å². The zero-order chi connectivity index (χ0) is 14.2. The molecule has 0 saturated carbocycles. The maximum atomic E-state index is 11.9. The van der Waals surface area contributed by atoms with Crippen LogP contribution >= 0.6 is 0 Å². The van der Waals surface area contributed by atoms with Gasteiger partial charge in [-0.15, -0.1) is 0 Å². The molecule has 5 nitrogen and oxygen atoms in total. The van der Waals surface area contributed by atoms with E-state index < -0.39 is 0 Å². The maximum absolute atomic E-state index is 11.9. The SMILES string of the molecule is COCCCCCNCc1nc2ccccc2c(=O)[nH]1. The first-order valence-corrected chi connectivity index (χ1v) is 6.99. The van der Waals surface area contributed by atoms with E-state index in [4.69, 9.17) is 4.74 Å². The van der Waals surface area contributed by atoms with Crippen molar-refractivity contribution in [3.05, 3.63) is 40.4 Å². The lowest BCUT2D eigenvalue weighted by Crippen LogP contribution is -2.20. The van der Waals surface area contributed by atoms with Gasteiger partial charge in [-0.25, -0.2) is 4.98 Å². The summed E-state index contributed by atoms with van der Waals surface area (Å²) in [6.07, 6.45) is 3.33. The average Bonchev–Trinajstić information content (AvgIpc) is 2.46. The van der Waals surface area contributed by atoms with Crippen molar-refractivity contribution in [2.45, 2.75) is 25.8 Å². The van der Waals surface area contributed by atoms with Gasteiger partial charge in [-0.3, -0.25) is 4.79 Å². The molecular formula is C15H21N3O2. The predicted octanol–water partition coefficient (Wildman–Crippen LogP) is 1.83. The first-order valence-electron chi connectivity index (χ1n) is 6.99. The van der Waals surface area contributed by atoms with E-state index in [1.807, 2.05) is 18.2 Å². The van der Waals surface area contributed by atoms with Crippen LogP contribution < -0.4 is 10.9 Å². The van der Waals surface area contributed by atoms with Gasteiger partial charge in [0.15, 0.2) is 0 Å². The fraction of sp³-hybridized carbons (Fsp3) is 0.467. The van der Waals surface area contributed by atoms with Crippen LogP contribution in [0, 0.1) is 0 Å². The van der Waals surface area contributed by atoms with E-state index in [2.05, 4.69) is 15.3 Å². The molecule has 108 valence electrons. The van der Waals surface area contributed by atoms with Crippen molar-refractivity contribution in [3.63, 3.8) is 0 Å². The van der Waals surface area contributed by atoms with Gasteiger partial charge in [0.1, 0.15) is 5.82 Å². The van der Waals surface area contributed by atoms with Crippen molar-refractivity contribution >= 4 is 10.9 Å². The molecule has 1 aromatic heterocycles. The Labute approximate surface area is 118 Å². The lowest BCUT2D eigenvalue weighted by molar-refractivity contribution is 0.192. The molecule has 0 amide bonds. The van der Waals surface area contributed by atoms with E-state index in [0.717, 1.165) is 37.9 Å². The Morgan fingerprint density at radius 2 is 2.10 bits per heavy atom. The molecule has 2 N–H and O–H groups in total. The van der Waals surface area contributed by atoms with E-state index in [9.17, 15) is 4.79 Å². The number of ether oxygens (including phenoxy) is 1. The number of nitrogens with zero attached hydrogens (tertiary/aromatic N) is 1. The number of fused-ring (bicyclic) bond motifs is 1. The molecule has 0 atom stereocenters. The summed E-state index contributed by atoms with van der Waals surface area (Å²) in [6, 6.07) is 7.38. The van der Waals surface area contributed by atoms with Crippen LogP contribution in [0.1, 0.15) is 25.1 Å². The lowest BCUT2D eigenvalue weighted by atomic mass is 10.2. The highest BCUT2D eigenvalue weighted by Gasteiger charge is 2.02. The number of nitrogens with one attached hydrogen (secondary N) is 2. The molecular weight excluding hydrogens is 254 g/mol. The van der Waals surface area contributed by atoms with E-state index in [-0.39, 0.29) is 5.56 Å². The van der Waals surface area contributed by atoms with Crippen molar-refractivity contribution in [1.29, 1.82) is 0 Å². The van der Waals surface area contributed by atoms with Gasteiger partial charge in [0.05, 0.1) is 17.4 Å². The molecule has 0 fully saturated rings. The van der Waals surface area contributed by atoms with Crippen molar-refractivity contribution < 1.29 is 4.74 Å². The molecule has 0 aliphatic carbocycles. The maximum Gasteiger partial charge on any atom is 0.258 e. The van der Waals surface area contributed by atoms with E-state index in [1.165, 1.54) is 0 Å². The monoisotopic (exact) mass is 275 g/mol. The van der Waals surface area contributed by atoms with Gasteiger partial charge < -0.3 is 15.0 Å². The number of benzene rings is 1. The Hall–Kier alpha value is -1.72. The van der Waals surface area contributed by atoms with Crippen LogP contribution in [0.15, 0.2) is 29.1 Å². The fourth-order valence-electron chi connectivity index (χ4n) is 2.10. The topological polar surface area (TPSA) is 67.0 Å². The summed E-state index contributed by atoms with van der Waals surface area (Å²) in [5.41, 5.74) is 0.667. The number of aromatic nitrogens is 2. The molecule has 0 saturated heterocycles. The summed E-state index contributed by atoms with van der Waals surface area (Å²) in [4.78, 5) is 19.1. The average molecular weight is 275 g/mol. The number of unbranched alkanes of at least 4 members (excludes halogenated alkanes) is 2. The van der Waals surface area contributed by atoms with Crippen molar-refractivity contribution in [2.24, 2.45) is 0 Å². The Kier molecular flexibility index (Phi) is 5.70. The zero-order valence-electron chi connectivity index (χ0n) is 11.8. The van der Waals surface area contributed by atoms with Crippen LogP contribution in [0.4, 0.5) is 0 Å². The number of aromatic amines is 1. The van der Waals surface area contributed by atoms with E-state index >= 15 is 0 Å². The Morgan fingerprint density at radius 3 is 2.95 bits per heavy atom. The van der Waals surface area contributed by atoms with Gasteiger partial charge in [0.2, 0.25) is 0 Å². The van der Waals surface area contributed by atoms with Gasteiger partial charge in [-0.1, -0.05) is 12.1 Å². The van der Waals surface area contributed by atoms with Gasteiger partial charge in [0, 0.05) is 13.7 Å². The number of hydrogen-bond donors (Lipinski definition) is 2. The second kappa shape index (κ2) is 7.77. The molecule has 1 heterocycles. The summed E-state index contributed by atoms with van der Waals surface area (Å²) in [7, 11) is 1.72. The molecule has 0 aliphatic rings. The van der Waals surface area contributed by atoms with Crippen molar-refractivity contribution in [1.82, 2.24) is 15.3 Å². The molecule has 0 unspecified atom stereocenters. The van der Waals surface area contributed by atoms with Gasteiger partial charge in [-0.05, 0) is 37.9 Å². The zero-order valence-corrected chi connectivity index (χ0v) is 11.8. The van der Waals surface area contributed by atoms with Gasteiger partial charge in [-0.2, -0.15) is 0 Å². The van der Waals surface area contributed by atoms with E-state index in [1.54, 1.807) is 13.2 Å². The molecule has 20 heavy (non-hydrogen) atoms. The lowest BCUT2D eigenvalue weighted by Gasteiger charge is -2.05. The molecule has 5 heteroatoms. The minimum atomic E-state index is -0.0764. The van der Waals surface area contributed by atoms with Crippen LogP contribution in [0.3, 0.4) is 0 Å². The summed E-state index contributed by atoms with van der Waals surface area (Å²) < 4.78 is 5.00. The molecule has 0 radical (unpaired) electrons. The Morgan fingerprint density at radius 1 is 1.25 bits per heavy atom. The summed E-state index contributed by atoms with van der Waals surface area (Å²) in [6.45, 7) is 2.32. The normalized spacial score (nSPS) is 11.1. The number of H-pyrrole nitrogens is 1. The van der Waals surface area contributed by atoms with Crippen molar-refractivity contribution in [3.8, 4) is 0 Å². The molecule has 1 aromatic carbocycles. The second-order valence-electron chi connectivity index (χ2n) is 4.76. The highest BCUT2D eigenvalue weighted by Crippen LogP contribution is 2.05. The predicted molar refractivity (Wildman–Crippen MR) is 79.8 cm³/mol. The quantitative estimate of drug-likeness (QED) is 0.721. The molecule has 0 spiro atoms. The Balaban J connectivity index is 1.83. The third-order valence-electron chi connectivity index (χ3n) is 3.16. The van der Waals surface area contributed by atoms with Crippen molar-refractivity contribution in [2.75, 3.05) is 20.3 Å². The Bertz CT molecular complexity index is 595. The van der Waals surface area contributed by atoms with Gasteiger partial charge in [0.25, 0.3) is 5.56 Å². The molecule has 0 aliphatic heterocycles. The highest BCUT2D eigenvalue weighted by molar-refractivity contribution is 5.77. The number of hydrogen-bond acceptors (Lipinski definition) is 4. The third kappa shape index (κ3) is 4.15. The number of rotatable bonds is 8. The fourth-order valence-corrected chi connectivity index (χ4v) is 2.10. The summed E-state index contributed by atoms with van der Waals surface area (Å²) >= 11 is 0. The first-order chi connectivity index (χ1) is 9.81. The van der Waals surface area contributed by atoms with Crippen LogP contribution in [0.5, 0.6) is 0 Å². The second-order valence-corrected chi connectivity index (χ2v) is 4.76. The highest BCUT2D eigenvalue weighted by atomic mass is 16.5. The van der Waals surface area contributed by atoms with Crippen LogP contribution in [0.25, 0.3) is 10.9 Å².